The normalized spacial score (nSPS) is 0. The maximum Gasteiger partial charge on any atom is 0 e. The fraction of sp³-hybridized carbons (Fsp3) is 0. The van der Waals surface area contributed by atoms with E-state index < -0.39 is 0 Å². The molecular formula is CuGaGeIn. The van der Waals surface area contributed by atoms with Gasteiger partial charge in [0.2, 0.25) is 0 Å². The molecule has 0 nitrogen and oxygen atoms in total. The minimum Gasteiger partial charge on any atom is 0 e. The molecule has 0 amide bonds. The Morgan fingerprint density at radius 2 is 1.00 bits per heavy atom. The Kier molecular flexibility index (Phi) is 136. The van der Waals surface area contributed by atoms with Gasteiger partial charge < -0.3 is 0 Å². The summed E-state index contributed by atoms with van der Waals surface area (Å²) in [6.07, 6.45) is 0. The molecule has 0 aliphatic heterocycles. The molecule has 0 aromatic rings. The zero-order valence-corrected chi connectivity index (χ0v) is 10.7. The van der Waals surface area contributed by atoms with Crippen molar-refractivity contribution in [2.45, 2.75) is 0 Å². The molecule has 0 aliphatic carbocycles. The quantitative estimate of drug-likeness (QED) is 0.495. The second-order valence-electron chi connectivity index (χ2n) is 0. The third kappa shape index (κ3) is 8.82. The van der Waals surface area contributed by atoms with Crippen LogP contribution < -0.4 is 0 Å². The molecule has 0 aromatic heterocycles. The Bertz CT molecular complexity index is 8.00. The second-order valence-corrected chi connectivity index (χ2v) is 0. The summed E-state index contributed by atoms with van der Waals surface area (Å²) in [4.78, 5) is 0. The summed E-state index contributed by atoms with van der Waals surface area (Å²) in [5.41, 5.74) is 0. The second kappa shape index (κ2) is 17.6. The van der Waals surface area contributed by atoms with E-state index in [-0.39, 0.29) is 80.3 Å². The van der Waals surface area contributed by atoms with Crippen molar-refractivity contribution in [1.82, 2.24) is 0 Å². The zero-order valence-electron chi connectivity index (χ0n) is 1.96. The van der Waals surface area contributed by atoms with Crippen LogP contribution in [-0.2, 0) is 17.1 Å². The largest absolute Gasteiger partial charge is 0 e. The first kappa shape index (κ1) is 30.9. The van der Waals surface area contributed by atoms with Gasteiger partial charge in [-0.2, -0.15) is 0 Å². The van der Waals surface area contributed by atoms with E-state index in [2.05, 4.69) is 0 Å². The van der Waals surface area contributed by atoms with Crippen LogP contribution in [-0.4, -0.2) is 63.2 Å². The Balaban J connectivity index is 0. The number of hydrogen-bond donors (Lipinski definition) is 0. The number of rotatable bonds is 0. The van der Waals surface area contributed by atoms with Gasteiger partial charge in [0, 0.05) is 80.3 Å². The van der Waals surface area contributed by atoms with Crippen LogP contribution in [0.5, 0.6) is 0 Å². The van der Waals surface area contributed by atoms with Gasteiger partial charge in [0.1, 0.15) is 0 Å². The standard InChI is InChI=1S/Cu.Ga.Ge.In. The van der Waals surface area contributed by atoms with Crippen molar-refractivity contribution in [3.05, 3.63) is 0 Å². The monoisotopic (exact) mass is 321 g/mol. The van der Waals surface area contributed by atoms with Crippen LogP contribution >= 0.6 is 0 Å². The summed E-state index contributed by atoms with van der Waals surface area (Å²) in [5.74, 6) is 0. The van der Waals surface area contributed by atoms with Gasteiger partial charge in [0.15, 0.2) is 0 Å². The Morgan fingerprint density at radius 3 is 1.00 bits per heavy atom. The van der Waals surface area contributed by atoms with E-state index in [1.165, 1.54) is 0 Å². The first-order chi connectivity index (χ1) is 0. The molecule has 0 aliphatic rings. The van der Waals surface area contributed by atoms with Gasteiger partial charge in [0.05, 0.1) is 0 Å². The summed E-state index contributed by atoms with van der Waals surface area (Å²) >= 11 is 0. The van der Waals surface area contributed by atoms with E-state index in [4.69, 9.17) is 0 Å². The molecule has 0 fully saturated rings. The van der Waals surface area contributed by atoms with Crippen molar-refractivity contribution < 1.29 is 17.1 Å². The molecule has 0 spiro atoms. The summed E-state index contributed by atoms with van der Waals surface area (Å²) < 4.78 is 0. The van der Waals surface area contributed by atoms with Gasteiger partial charge in [0.25, 0.3) is 0 Å². The topological polar surface area (TPSA) is 0 Å². The van der Waals surface area contributed by atoms with Gasteiger partial charge in [-0.3, -0.25) is 0 Å². The van der Waals surface area contributed by atoms with Crippen molar-refractivity contribution in [1.29, 1.82) is 0 Å². The van der Waals surface area contributed by atoms with Gasteiger partial charge in [-0.15, -0.1) is 0 Å². The molecular weight excluding hydrogens is 321 g/mol. The van der Waals surface area contributed by atoms with Gasteiger partial charge >= 0.3 is 0 Å². The van der Waals surface area contributed by atoms with E-state index in [0.717, 1.165) is 0 Å². The molecule has 0 N–H and O–H groups in total. The van der Waals surface area contributed by atoms with Crippen LogP contribution in [0.1, 0.15) is 0 Å². The van der Waals surface area contributed by atoms with E-state index in [1.54, 1.807) is 0 Å². The minimum absolute atomic E-state index is 0. The van der Waals surface area contributed by atoms with Crippen LogP contribution in [0.15, 0.2) is 0 Å². The fourth-order valence-electron chi connectivity index (χ4n) is 0. The molecule has 11 radical (unpaired) electrons. The van der Waals surface area contributed by atoms with E-state index in [0.29, 0.717) is 0 Å². The molecule has 0 bridgehead atoms. The average molecular weight is 321 g/mol. The van der Waals surface area contributed by atoms with Crippen molar-refractivity contribution in [3.63, 3.8) is 0 Å². The molecule has 0 unspecified atom stereocenters. The Hall–Kier alpha value is 2.57. The fourth-order valence-corrected chi connectivity index (χ4v) is 0. The third-order valence-electron chi connectivity index (χ3n) is 0. The summed E-state index contributed by atoms with van der Waals surface area (Å²) in [6, 6.07) is 0. The molecule has 0 saturated carbocycles. The van der Waals surface area contributed by atoms with E-state index in [1.807, 2.05) is 0 Å². The van der Waals surface area contributed by atoms with Gasteiger partial charge in [-0.1, -0.05) is 0 Å². The van der Waals surface area contributed by atoms with Crippen LogP contribution in [0.25, 0.3) is 0 Å². The Morgan fingerprint density at radius 1 is 1.00 bits per heavy atom. The molecule has 4 heteroatoms. The summed E-state index contributed by atoms with van der Waals surface area (Å²) in [7, 11) is 0. The van der Waals surface area contributed by atoms with E-state index in [9.17, 15) is 0 Å². The molecule has 21 valence electrons. The zero-order chi connectivity index (χ0) is 0. The summed E-state index contributed by atoms with van der Waals surface area (Å²) in [5, 5.41) is 0. The molecule has 4 heavy (non-hydrogen) atoms. The maximum absolute atomic E-state index is 0. The van der Waals surface area contributed by atoms with Crippen LogP contribution in [0.3, 0.4) is 0 Å². The van der Waals surface area contributed by atoms with Gasteiger partial charge in [-0.25, -0.2) is 0 Å². The maximum atomic E-state index is 0. The van der Waals surface area contributed by atoms with Crippen molar-refractivity contribution in [3.8, 4) is 0 Å². The van der Waals surface area contributed by atoms with E-state index >= 15 is 0 Å². The predicted molar refractivity (Wildman–Crippen MR) is 17.3 cm³/mol. The van der Waals surface area contributed by atoms with Crippen molar-refractivity contribution in [2.75, 3.05) is 0 Å². The smallest absolute Gasteiger partial charge is 0 e. The minimum atomic E-state index is 0. The first-order valence-electron chi connectivity index (χ1n) is 0. The van der Waals surface area contributed by atoms with Crippen LogP contribution in [0, 0.1) is 0 Å². The Labute approximate surface area is 79.1 Å². The summed E-state index contributed by atoms with van der Waals surface area (Å²) in [6.45, 7) is 0. The first-order valence-corrected chi connectivity index (χ1v) is 0. The van der Waals surface area contributed by atoms with Crippen LogP contribution in [0.2, 0.25) is 0 Å². The van der Waals surface area contributed by atoms with Crippen molar-refractivity contribution in [2.24, 2.45) is 0 Å². The number of hydrogen-bond acceptors (Lipinski definition) is 0. The van der Waals surface area contributed by atoms with Crippen LogP contribution in [0.4, 0.5) is 0 Å². The molecule has 0 saturated heterocycles. The molecule has 0 heterocycles. The SMILES string of the molecule is [Cu].[Ga].[Ge].[In]. The molecule has 0 rings (SSSR count). The third-order valence-corrected chi connectivity index (χ3v) is 0. The van der Waals surface area contributed by atoms with Gasteiger partial charge in [-0.05, 0) is 0 Å². The predicted octanol–water partition coefficient (Wildman–Crippen LogP) is -1.14. The van der Waals surface area contributed by atoms with Crippen molar-refractivity contribution >= 4 is 63.2 Å². The molecule has 0 aromatic carbocycles. The average Bonchev–Trinajstić information content (AvgIpc) is 0. The molecule has 0 atom stereocenters.